The zero-order valence-electron chi connectivity index (χ0n) is 13.5. The third kappa shape index (κ3) is 4.45. The second-order valence-corrected chi connectivity index (χ2v) is 8.06. The van der Waals surface area contributed by atoms with Crippen molar-refractivity contribution < 1.29 is 23.7 Å². The van der Waals surface area contributed by atoms with Gasteiger partial charge in [0.25, 0.3) is 0 Å². The average molecular weight is 353 g/mol. The summed E-state index contributed by atoms with van der Waals surface area (Å²) in [6, 6.07) is 9.11. The number of hydrogen-bond acceptors (Lipinski definition) is 3. The molecule has 3 rings (SSSR count). The van der Waals surface area contributed by atoms with Crippen LogP contribution in [-0.2, 0) is 13.9 Å². The van der Waals surface area contributed by atoms with Crippen LogP contribution < -0.4 is 5.32 Å². The van der Waals surface area contributed by atoms with E-state index >= 15 is 0 Å². The molecule has 2 saturated carbocycles. The number of phosphoric acid groups is 1. The van der Waals surface area contributed by atoms with Crippen LogP contribution in [0.4, 0.5) is 5.69 Å². The largest absolute Gasteiger partial charge is 0.469 e. The van der Waals surface area contributed by atoms with Gasteiger partial charge in [0.2, 0.25) is 5.91 Å². The molecule has 1 aromatic rings. The molecule has 6 nitrogen and oxygen atoms in total. The molecule has 0 spiro atoms. The van der Waals surface area contributed by atoms with Crippen molar-refractivity contribution in [3.63, 3.8) is 0 Å². The SMILES string of the molecule is O=C(Nc1ccccc1)C1CC2CCCCC2CC1OP(=O)(O)O. The van der Waals surface area contributed by atoms with Gasteiger partial charge in [0.05, 0.1) is 12.0 Å². The van der Waals surface area contributed by atoms with Crippen molar-refractivity contribution >= 4 is 19.4 Å². The van der Waals surface area contributed by atoms with Crippen molar-refractivity contribution in [2.75, 3.05) is 5.32 Å². The molecule has 0 saturated heterocycles. The van der Waals surface area contributed by atoms with Gasteiger partial charge >= 0.3 is 7.82 Å². The number of fused-ring (bicyclic) bond motifs is 1. The summed E-state index contributed by atoms with van der Waals surface area (Å²) in [7, 11) is -4.62. The summed E-state index contributed by atoms with van der Waals surface area (Å²) < 4.78 is 16.3. The number of amides is 1. The van der Waals surface area contributed by atoms with Gasteiger partial charge < -0.3 is 15.1 Å². The fourth-order valence-electron chi connectivity index (χ4n) is 4.17. The molecule has 0 aliphatic heterocycles. The van der Waals surface area contributed by atoms with Crippen molar-refractivity contribution in [2.24, 2.45) is 17.8 Å². The van der Waals surface area contributed by atoms with E-state index in [2.05, 4.69) is 5.32 Å². The van der Waals surface area contributed by atoms with Crippen LogP contribution in [0.1, 0.15) is 38.5 Å². The van der Waals surface area contributed by atoms with Crippen LogP contribution in [0.15, 0.2) is 30.3 Å². The standard InChI is InChI=1S/C17H24NO5P/c19-17(18-14-8-2-1-3-9-14)15-10-12-6-4-5-7-13(12)11-16(15)23-24(20,21)22/h1-3,8-9,12-13,15-16H,4-7,10-11H2,(H,18,19)(H2,20,21,22). The first kappa shape index (κ1) is 17.6. The third-order valence-electron chi connectivity index (χ3n) is 5.26. The normalized spacial score (nSPS) is 30.4. The summed E-state index contributed by atoms with van der Waals surface area (Å²) in [4.78, 5) is 31.1. The number of carbonyl (C=O) groups is 1. The zero-order chi connectivity index (χ0) is 17.2. The zero-order valence-corrected chi connectivity index (χ0v) is 14.4. The van der Waals surface area contributed by atoms with E-state index in [-0.39, 0.29) is 5.91 Å². The van der Waals surface area contributed by atoms with E-state index in [1.54, 1.807) is 12.1 Å². The maximum atomic E-state index is 12.7. The highest BCUT2D eigenvalue weighted by atomic mass is 31.2. The highest BCUT2D eigenvalue weighted by Crippen LogP contribution is 2.49. The third-order valence-corrected chi connectivity index (χ3v) is 5.80. The summed E-state index contributed by atoms with van der Waals surface area (Å²) in [5, 5.41) is 2.85. The minimum atomic E-state index is -4.62. The molecule has 0 aromatic heterocycles. The van der Waals surface area contributed by atoms with Gasteiger partial charge in [-0.3, -0.25) is 9.32 Å². The van der Waals surface area contributed by atoms with Gasteiger partial charge in [-0.25, -0.2) is 4.57 Å². The van der Waals surface area contributed by atoms with Crippen molar-refractivity contribution in [3.8, 4) is 0 Å². The van der Waals surface area contributed by atoms with Crippen LogP contribution >= 0.6 is 7.82 Å². The molecule has 2 aliphatic rings. The quantitative estimate of drug-likeness (QED) is 0.722. The Hall–Kier alpha value is -1.20. The summed E-state index contributed by atoms with van der Waals surface area (Å²) in [5.74, 6) is 0.0961. The number of para-hydroxylation sites is 1. The molecule has 1 amide bonds. The average Bonchev–Trinajstić information content (AvgIpc) is 2.53. The fraction of sp³-hybridized carbons (Fsp3) is 0.588. The molecular formula is C17H24NO5P. The molecule has 0 heterocycles. The van der Waals surface area contributed by atoms with E-state index in [9.17, 15) is 19.1 Å². The number of nitrogens with one attached hydrogen (secondary N) is 1. The topological polar surface area (TPSA) is 95.9 Å². The van der Waals surface area contributed by atoms with Crippen LogP contribution in [0.5, 0.6) is 0 Å². The molecule has 2 aliphatic carbocycles. The molecule has 2 fully saturated rings. The van der Waals surface area contributed by atoms with Gasteiger partial charge in [-0.15, -0.1) is 0 Å². The van der Waals surface area contributed by atoms with Gasteiger partial charge in [0.1, 0.15) is 0 Å². The second kappa shape index (κ2) is 7.36. The summed E-state index contributed by atoms with van der Waals surface area (Å²) >= 11 is 0. The van der Waals surface area contributed by atoms with Crippen LogP contribution in [0.2, 0.25) is 0 Å². The van der Waals surface area contributed by atoms with Crippen molar-refractivity contribution in [1.29, 1.82) is 0 Å². The van der Waals surface area contributed by atoms with E-state index in [0.717, 1.165) is 25.7 Å². The minimum absolute atomic E-state index is 0.219. The molecule has 24 heavy (non-hydrogen) atoms. The van der Waals surface area contributed by atoms with Crippen LogP contribution in [0.25, 0.3) is 0 Å². The van der Waals surface area contributed by atoms with Crippen molar-refractivity contribution in [2.45, 2.75) is 44.6 Å². The number of carbonyl (C=O) groups excluding carboxylic acids is 1. The Morgan fingerprint density at radius 3 is 2.33 bits per heavy atom. The lowest BCUT2D eigenvalue weighted by atomic mass is 9.66. The number of benzene rings is 1. The fourth-order valence-corrected chi connectivity index (χ4v) is 4.76. The Labute approximate surface area is 141 Å². The number of rotatable bonds is 4. The number of phosphoric ester groups is 1. The Morgan fingerprint density at radius 1 is 1.08 bits per heavy atom. The predicted octanol–water partition coefficient (Wildman–Crippen LogP) is 3.32. The summed E-state index contributed by atoms with van der Waals surface area (Å²) in [6.45, 7) is 0. The van der Waals surface area contributed by atoms with Gasteiger partial charge in [-0.2, -0.15) is 0 Å². The smallest absolute Gasteiger partial charge is 0.326 e. The maximum absolute atomic E-state index is 12.7. The Kier molecular flexibility index (Phi) is 5.40. The second-order valence-electron chi connectivity index (χ2n) is 6.87. The van der Waals surface area contributed by atoms with Crippen LogP contribution in [0, 0.1) is 17.8 Å². The predicted molar refractivity (Wildman–Crippen MR) is 90.2 cm³/mol. The number of anilines is 1. The molecule has 1 aromatic carbocycles. The summed E-state index contributed by atoms with van der Waals surface area (Å²) in [6.07, 6.45) is 4.90. The van der Waals surface area contributed by atoms with Gasteiger partial charge in [0, 0.05) is 5.69 Å². The first-order chi connectivity index (χ1) is 11.4. The first-order valence-corrected chi connectivity index (χ1v) is 10.1. The molecule has 3 N–H and O–H groups in total. The van der Waals surface area contributed by atoms with Crippen molar-refractivity contribution in [1.82, 2.24) is 0 Å². The lowest BCUT2D eigenvalue weighted by Gasteiger charge is -2.42. The Bertz CT molecular complexity index is 617. The van der Waals surface area contributed by atoms with Crippen molar-refractivity contribution in [3.05, 3.63) is 30.3 Å². The molecule has 132 valence electrons. The van der Waals surface area contributed by atoms with Gasteiger partial charge in [-0.05, 0) is 36.8 Å². The molecule has 0 radical (unpaired) electrons. The maximum Gasteiger partial charge on any atom is 0.469 e. The van der Waals surface area contributed by atoms with Crippen LogP contribution in [0.3, 0.4) is 0 Å². The van der Waals surface area contributed by atoms with Gasteiger partial charge in [0.15, 0.2) is 0 Å². The Balaban J connectivity index is 1.75. The molecular weight excluding hydrogens is 329 g/mol. The Morgan fingerprint density at radius 2 is 1.71 bits per heavy atom. The van der Waals surface area contributed by atoms with E-state index in [4.69, 9.17) is 4.52 Å². The van der Waals surface area contributed by atoms with E-state index < -0.39 is 19.8 Å². The number of hydrogen-bond donors (Lipinski definition) is 3. The molecule has 4 atom stereocenters. The molecule has 7 heteroatoms. The van der Waals surface area contributed by atoms with Crippen LogP contribution in [-0.4, -0.2) is 21.8 Å². The lowest BCUT2D eigenvalue weighted by molar-refractivity contribution is -0.127. The van der Waals surface area contributed by atoms with Gasteiger partial charge in [-0.1, -0.05) is 43.9 Å². The highest BCUT2D eigenvalue weighted by Gasteiger charge is 2.44. The first-order valence-electron chi connectivity index (χ1n) is 8.52. The molecule has 0 bridgehead atoms. The monoisotopic (exact) mass is 353 g/mol. The van der Waals surface area contributed by atoms with E-state index in [1.807, 2.05) is 18.2 Å². The summed E-state index contributed by atoms with van der Waals surface area (Å²) in [5.41, 5.74) is 0.684. The van der Waals surface area contributed by atoms with E-state index in [1.165, 1.54) is 0 Å². The van der Waals surface area contributed by atoms with E-state index in [0.29, 0.717) is 30.4 Å². The minimum Gasteiger partial charge on any atom is -0.326 e. The highest BCUT2D eigenvalue weighted by molar-refractivity contribution is 7.46. The lowest BCUT2D eigenvalue weighted by Crippen LogP contribution is -2.43. The molecule has 4 unspecified atom stereocenters.